The minimum absolute atomic E-state index is 0.0370. The highest BCUT2D eigenvalue weighted by atomic mass is 35.6. The molecule has 0 aromatic rings. The molecular weight excluding hydrogens is 621 g/mol. The lowest BCUT2D eigenvalue weighted by atomic mass is 9.90. The number of carbonyl (C=O) groups is 2. The fourth-order valence-electron chi connectivity index (χ4n) is 3.97. The Morgan fingerprint density at radius 2 is 1.63 bits per heavy atom. The van der Waals surface area contributed by atoms with Gasteiger partial charge in [0.25, 0.3) is 0 Å². The molecule has 0 aliphatic heterocycles. The Labute approximate surface area is 270 Å². The molecule has 0 spiro atoms. The van der Waals surface area contributed by atoms with Crippen molar-refractivity contribution in [2.75, 3.05) is 25.8 Å². The summed E-state index contributed by atoms with van der Waals surface area (Å²) in [6, 6.07) is -0.805. The summed E-state index contributed by atoms with van der Waals surface area (Å²) in [5.41, 5.74) is 1.69. The smallest absolute Gasteiger partial charge is 0.329 e. The van der Waals surface area contributed by atoms with Gasteiger partial charge in [0, 0.05) is 18.5 Å². The zero-order chi connectivity index (χ0) is 32.3. The van der Waals surface area contributed by atoms with Gasteiger partial charge < -0.3 is 18.8 Å². The van der Waals surface area contributed by atoms with Crippen molar-refractivity contribution in [2.24, 2.45) is 11.8 Å². The van der Waals surface area contributed by atoms with E-state index in [2.05, 4.69) is 53.8 Å². The van der Waals surface area contributed by atoms with E-state index in [1.165, 1.54) is 10.5 Å². The van der Waals surface area contributed by atoms with Gasteiger partial charge in [-0.2, -0.15) is 0 Å². The van der Waals surface area contributed by atoms with Crippen LogP contribution < -0.4 is 0 Å². The van der Waals surface area contributed by atoms with Crippen LogP contribution in [0.15, 0.2) is 23.3 Å². The van der Waals surface area contributed by atoms with E-state index in [0.29, 0.717) is 24.4 Å². The van der Waals surface area contributed by atoms with Gasteiger partial charge in [0.2, 0.25) is 9.70 Å². The van der Waals surface area contributed by atoms with E-state index in [9.17, 15) is 9.59 Å². The van der Waals surface area contributed by atoms with Crippen molar-refractivity contribution >= 4 is 66.8 Å². The van der Waals surface area contributed by atoms with E-state index in [4.69, 9.17) is 48.7 Å². The number of amides is 1. The molecule has 0 aliphatic rings. The van der Waals surface area contributed by atoms with Crippen molar-refractivity contribution in [3.63, 3.8) is 0 Å². The highest BCUT2D eigenvalue weighted by molar-refractivity contribution is 7.98. The number of carbonyl (C=O) groups excluding carboxylic acids is 2. The summed E-state index contributed by atoms with van der Waals surface area (Å²) in [5, 5.41) is 0.0641. The topological polar surface area (TPSA) is 65.1 Å². The van der Waals surface area contributed by atoms with E-state index < -0.39 is 30.7 Å². The summed E-state index contributed by atoms with van der Waals surface area (Å²) in [4.78, 5) is 27.7. The first-order valence-electron chi connectivity index (χ1n) is 14.2. The fourth-order valence-corrected chi connectivity index (χ4v) is 5.83. The lowest BCUT2D eigenvalue weighted by Crippen LogP contribution is -2.47. The lowest BCUT2D eigenvalue weighted by molar-refractivity contribution is -0.153. The zero-order valence-corrected chi connectivity index (χ0v) is 31.5. The number of thioether (sulfide) groups is 1. The maximum absolute atomic E-state index is 13.5. The van der Waals surface area contributed by atoms with Crippen LogP contribution in [0.1, 0.15) is 75.2 Å². The average Bonchev–Trinajstić information content (AvgIpc) is 2.85. The van der Waals surface area contributed by atoms with Crippen LogP contribution in [0.25, 0.3) is 0 Å². The van der Waals surface area contributed by atoms with Gasteiger partial charge in [-0.25, -0.2) is 4.79 Å². The minimum Gasteiger partial charge on any atom is -0.460 e. The third kappa shape index (κ3) is 14.4. The van der Waals surface area contributed by atoms with Crippen LogP contribution in [-0.2, 0) is 23.5 Å². The number of hydrogen-bond donors (Lipinski definition) is 0. The number of ether oxygens (including phenoxy) is 2. The quantitative estimate of drug-likeness (QED) is 0.0407. The second kappa shape index (κ2) is 17.9. The SMILES string of the molecule is C/C=C(\C)C(O[Si](C)(C)C(C)(C)C)C(C)C(C/C=C(\C)C(=O)N(C)C(CC(C)C)C(=O)OCC(Cl)(Cl)Cl)OCSC. The molecule has 0 fully saturated rings. The standard InChI is InChI=1S/C30H54Cl3NO5SSi/c1-14-21(4)26(39-41(12,13)29(7,8)9)23(6)25(38-19-40-11)16-15-22(5)27(35)34(10)24(17-20(2)3)28(36)37-18-30(31,32)33/h14-15,20,23-26H,16-19H2,1-13H3/b21-14+,22-15+. The Hall–Kier alpha value is -0.223. The normalized spacial score (nSPS) is 16.8. The molecule has 0 N–H and O–H groups in total. The second-order valence-electron chi connectivity index (χ2n) is 12.7. The number of alkyl halides is 3. The Morgan fingerprint density at radius 1 is 1.07 bits per heavy atom. The predicted octanol–water partition coefficient (Wildman–Crippen LogP) is 8.81. The van der Waals surface area contributed by atoms with Gasteiger partial charge in [-0.15, -0.1) is 11.8 Å². The van der Waals surface area contributed by atoms with Crippen molar-refractivity contribution < 1.29 is 23.5 Å². The van der Waals surface area contributed by atoms with E-state index in [-0.39, 0.29) is 35.0 Å². The molecular formula is C30H54Cl3NO5SSi. The van der Waals surface area contributed by atoms with Crippen LogP contribution in [0.3, 0.4) is 0 Å². The van der Waals surface area contributed by atoms with Gasteiger partial charge in [0.1, 0.15) is 12.6 Å². The minimum atomic E-state index is -2.07. The Bertz CT molecular complexity index is 900. The molecule has 1 amide bonds. The van der Waals surface area contributed by atoms with Crippen molar-refractivity contribution in [1.29, 1.82) is 0 Å². The molecule has 0 aromatic carbocycles. The van der Waals surface area contributed by atoms with E-state index >= 15 is 0 Å². The predicted molar refractivity (Wildman–Crippen MR) is 180 cm³/mol. The van der Waals surface area contributed by atoms with Crippen molar-refractivity contribution in [2.45, 2.75) is 115 Å². The third-order valence-electron chi connectivity index (χ3n) is 7.72. The summed E-state index contributed by atoms with van der Waals surface area (Å²) < 4.78 is 16.7. The first kappa shape index (κ1) is 40.8. The third-order valence-corrected chi connectivity index (χ3v) is 12.9. The fraction of sp³-hybridized carbons (Fsp3) is 0.800. The molecule has 41 heavy (non-hydrogen) atoms. The number of halogens is 3. The van der Waals surface area contributed by atoms with Crippen molar-refractivity contribution in [1.82, 2.24) is 4.90 Å². The Morgan fingerprint density at radius 3 is 2.07 bits per heavy atom. The van der Waals surface area contributed by atoms with E-state index in [0.717, 1.165) is 0 Å². The van der Waals surface area contributed by atoms with Crippen LogP contribution in [0, 0.1) is 11.8 Å². The summed E-state index contributed by atoms with van der Waals surface area (Å²) in [5.74, 6) is -0.164. The molecule has 0 aromatic heterocycles. The number of nitrogens with zero attached hydrogens (tertiary/aromatic N) is 1. The van der Waals surface area contributed by atoms with Crippen molar-refractivity contribution in [3.8, 4) is 0 Å². The summed E-state index contributed by atoms with van der Waals surface area (Å²) in [7, 11) is -0.463. The number of likely N-dealkylation sites (N-methyl/N-ethyl adjacent to an activating group) is 1. The molecule has 0 rings (SSSR count). The number of rotatable bonds is 16. The number of allylic oxidation sites excluding steroid dienone is 1. The second-order valence-corrected chi connectivity index (χ2v) is 20.8. The molecule has 6 nitrogen and oxygen atoms in total. The summed E-state index contributed by atoms with van der Waals surface area (Å²) in [6.07, 6.45) is 6.65. The maximum atomic E-state index is 13.5. The molecule has 240 valence electrons. The summed E-state index contributed by atoms with van der Waals surface area (Å²) >= 11 is 18.9. The van der Waals surface area contributed by atoms with E-state index in [1.807, 2.05) is 33.1 Å². The highest BCUT2D eigenvalue weighted by Gasteiger charge is 2.42. The van der Waals surface area contributed by atoms with Gasteiger partial charge >= 0.3 is 5.97 Å². The molecule has 0 bridgehead atoms. The first-order chi connectivity index (χ1) is 18.6. The highest BCUT2D eigenvalue weighted by Crippen LogP contribution is 2.40. The largest absolute Gasteiger partial charge is 0.460 e. The summed E-state index contributed by atoms with van der Waals surface area (Å²) in [6.45, 7) is 22.9. The molecule has 4 unspecified atom stereocenters. The van der Waals surface area contributed by atoms with Crippen LogP contribution >= 0.6 is 46.6 Å². The number of hydrogen-bond acceptors (Lipinski definition) is 6. The van der Waals surface area contributed by atoms with Gasteiger partial charge in [0.05, 0.1) is 18.1 Å². The van der Waals surface area contributed by atoms with Crippen LogP contribution in [0.2, 0.25) is 18.1 Å². The van der Waals surface area contributed by atoms with Gasteiger partial charge in [-0.05, 0) is 69.5 Å². The monoisotopic (exact) mass is 673 g/mol. The van der Waals surface area contributed by atoms with E-state index in [1.54, 1.807) is 25.7 Å². The Kier molecular flexibility index (Phi) is 17.8. The van der Waals surface area contributed by atoms with Crippen LogP contribution in [-0.4, -0.2) is 73.0 Å². The van der Waals surface area contributed by atoms with Gasteiger partial charge in [-0.1, -0.05) is 88.5 Å². The lowest BCUT2D eigenvalue weighted by Gasteiger charge is -2.42. The van der Waals surface area contributed by atoms with Gasteiger partial charge in [-0.3, -0.25) is 4.79 Å². The van der Waals surface area contributed by atoms with Gasteiger partial charge in [0.15, 0.2) is 8.32 Å². The van der Waals surface area contributed by atoms with Crippen LogP contribution in [0.5, 0.6) is 0 Å². The zero-order valence-electron chi connectivity index (χ0n) is 27.4. The first-order valence-corrected chi connectivity index (χ1v) is 19.6. The molecule has 0 heterocycles. The number of esters is 1. The van der Waals surface area contributed by atoms with Crippen LogP contribution in [0.4, 0.5) is 0 Å². The average molecular weight is 675 g/mol. The molecule has 0 radical (unpaired) electrons. The molecule has 4 atom stereocenters. The molecule has 11 heteroatoms. The maximum Gasteiger partial charge on any atom is 0.329 e. The molecule has 0 saturated carbocycles. The van der Waals surface area contributed by atoms with Crippen molar-refractivity contribution in [3.05, 3.63) is 23.3 Å². The molecule has 0 aliphatic carbocycles. The molecule has 0 saturated heterocycles. The Balaban J connectivity index is 6.03.